The minimum absolute atomic E-state index is 0.583. The topological polar surface area (TPSA) is 42.7 Å². The molecular weight excluding hydrogens is 300 g/mol. The zero-order valence-electron chi connectivity index (χ0n) is 13.7. The molecule has 0 saturated carbocycles. The quantitative estimate of drug-likeness (QED) is 0.724. The molecule has 0 aliphatic carbocycles. The lowest BCUT2D eigenvalue weighted by Gasteiger charge is -2.32. The SMILES string of the molecule is c1ccc(OC[C@H]2CCCN(Cc3cnc4cnccn34)C2)cc1. The van der Waals surface area contributed by atoms with E-state index in [9.17, 15) is 0 Å². The lowest BCUT2D eigenvalue weighted by atomic mass is 9.99. The van der Waals surface area contributed by atoms with Crippen LogP contribution in [0, 0.1) is 5.92 Å². The van der Waals surface area contributed by atoms with Crippen LogP contribution in [-0.2, 0) is 6.54 Å². The standard InChI is InChI=1S/C19H22N4O/c1-2-6-18(7-3-1)24-15-16-5-4-9-22(13-16)14-17-11-21-19-12-20-8-10-23(17)19/h1-3,6-8,10-12,16H,4-5,9,13-15H2/t16-/m0/s1. The molecule has 5 nitrogen and oxygen atoms in total. The van der Waals surface area contributed by atoms with Gasteiger partial charge in [0.25, 0.3) is 0 Å². The van der Waals surface area contributed by atoms with Crippen molar-refractivity contribution < 1.29 is 4.74 Å². The number of para-hydroxylation sites is 1. The number of hydrogen-bond donors (Lipinski definition) is 0. The van der Waals surface area contributed by atoms with Gasteiger partial charge in [0, 0.05) is 31.4 Å². The van der Waals surface area contributed by atoms with Crippen LogP contribution < -0.4 is 4.74 Å². The molecule has 0 amide bonds. The van der Waals surface area contributed by atoms with Crippen LogP contribution in [0.2, 0.25) is 0 Å². The molecule has 4 rings (SSSR count). The Morgan fingerprint density at radius 1 is 1.17 bits per heavy atom. The highest BCUT2D eigenvalue weighted by Crippen LogP contribution is 2.20. The van der Waals surface area contributed by atoms with E-state index in [1.165, 1.54) is 18.5 Å². The summed E-state index contributed by atoms with van der Waals surface area (Å²) in [6.07, 6.45) is 10.0. The van der Waals surface area contributed by atoms with Gasteiger partial charge in [0.05, 0.1) is 24.7 Å². The van der Waals surface area contributed by atoms with Crippen LogP contribution in [-0.4, -0.2) is 39.0 Å². The van der Waals surface area contributed by atoms with Crippen molar-refractivity contribution in [3.8, 4) is 5.75 Å². The second-order valence-electron chi connectivity index (χ2n) is 6.42. The number of piperidine rings is 1. The second kappa shape index (κ2) is 7.01. The molecule has 0 radical (unpaired) electrons. The van der Waals surface area contributed by atoms with Gasteiger partial charge in [-0.05, 0) is 31.5 Å². The molecule has 24 heavy (non-hydrogen) atoms. The van der Waals surface area contributed by atoms with Crippen molar-refractivity contribution in [2.75, 3.05) is 19.7 Å². The number of aromatic nitrogens is 3. The fourth-order valence-corrected chi connectivity index (χ4v) is 3.40. The zero-order chi connectivity index (χ0) is 16.2. The molecule has 0 spiro atoms. The predicted molar refractivity (Wildman–Crippen MR) is 92.9 cm³/mol. The van der Waals surface area contributed by atoms with Gasteiger partial charge in [-0.3, -0.25) is 14.3 Å². The van der Waals surface area contributed by atoms with Gasteiger partial charge in [-0.1, -0.05) is 18.2 Å². The summed E-state index contributed by atoms with van der Waals surface area (Å²) in [6, 6.07) is 10.1. The van der Waals surface area contributed by atoms with E-state index in [2.05, 4.69) is 19.3 Å². The maximum Gasteiger partial charge on any atom is 0.155 e. The first kappa shape index (κ1) is 15.1. The van der Waals surface area contributed by atoms with Crippen molar-refractivity contribution in [2.45, 2.75) is 19.4 Å². The van der Waals surface area contributed by atoms with E-state index >= 15 is 0 Å². The fourth-order valence-electron chi connectivity index (χ4n) is 3.40. The summed E-state index contributed by atoms with van der Waals surface area (Å²) in [6.45, 7) is 3.93. The van der Waals surface area contributed by atoms with Gasteiger partial charge >= 0.3 is 0 Å². The molecule has 1 aliphatic heterocycles. The average Bonchev–Trinajstić information content (AvgIpc) is 3.04. The Labute approximate surface area is 141 Å². The fraction of sp³-hybridized carbons (Fsp3) is 0.368. The minimum atomic E-state index is 0.583. The molecule has 1 atom stereocenters. The Morgan fingerprint density at radius 2 is 2.08 bits per heavy atom. The number of imidazole rings is 1. The van der Waals surface area contributed by atoms with E-state index in [4.69, 9.17) is 4.74 Å². The third kappa shape index (κ3) is 3.41. The Kier molecular flexibility index (Phi) is 4.42. The highest BCUT2D eigenvalue weighted by atomic mass is 16.5. The van der Waals surface area contributed by atoms with Crippen molar-refractivity contribution in [3.63, 3.8) is 0 Å². The summed E-state index contributed by atoms with van der Waals surface area (Å²) in [4.78, 5) is 11.1. The van der Waals surface area contributed by atoms with Crippen LogP contribution in [0.25, 0.3) is 5.65 Å². The molecule has 1 aliphatic rings. The van der Waals surface area contributed by atoms with E-state index < -0.39 is 0 Å². The number of fused-ring (bicyclic) bond motifs is 1. The molecule has 1 saturated heterocycles. The Balaban J connectivity index is 1.36. The number of ether oxygens (including phenoxy) is 1. The number of nitrogens with zero attached hydrogens (tertiary/aromatic N) is 4. The Morgan fingerprint density at radius 3 is 3.00 bits per heavy atom. The molecule has 0 bridgehead atoms. The first-order valence-corrected chi connectivity index (χ1v) is 8.54. The van der Waals surface area contributed by atoms with Gasteiger partial charge < -0.3 is 4.74 Å². The summed E-state index contributed by atoms with van der Waals surface area (Å²) in [5.41, 5.74) is 2.13. The summed E-state index contributed by atoms with van der Waals surface area (Å²) in [5, 5.41) is 0. The monoisotopic (exact) mass is 322 g/mol. The van der Waals surface area contributed by atoms with Crippen LogP contribution in [0.4, 0.5) is 0 Å². The maximum atomic E-state index is 5.95. The number of likely N-dealkylation sites (tertiary alicyclic amines) is 1. The van der Waals surface area contributed by atoms with Crippen molar-refractivity contribution in [1.82, 2.24) is 19.3 Å². The van der Waals surface area contributed by atoms with Crippen LogP contribution in [0.1, 0.15) is 18.5 Å². The van der Waals surface area contributed by atoms with Gasteiger partial charge in [-0.25, -0.2) is 4.98 Å². The van der Waals surface area contributed by atoms with Crippen LogP contribution >= 0.6 is 0 Å². The average molecular weight is 322 g/mol. The minimum Gasteiger partial charge on any atom is -0.493 e. The van der Waals surface area contributed by atoms with E-state index in [0.29, 0.717) is 5.92 Å². The third-order valence-corrected chi connectivity index (χ3v) is 4.61. The number of benzene rings is 1. The van der Waals surface area contributed by atoms with E-state index in [1.807, 2.05) is 48.9 Å². The van der Waals surface area contributed by atoms with E-state index in [0.717, 1.165) is 37.6 Å². The normalized spacial score (nSPS) is 18.8. The zero-order valence-corrected chi connectivity index (χ0v) is 13.7. The van der Waals surface area contributed by atoms with Crippen molar-refractivity contribution >= 4 is 5.65 Å². The van der Waals surface area contributed by atoms with Gasteiger partial charge in [0.1, 0.15) is 5.75 Å². The lowest BCUT2D eigenvalue weighted by molar-refractivity contribution is 0.124. The third-order valence-electron chi connectivity index (χ3n) is 4.61. The maximum absolute atomic E-state index is 5.95. The predicted octanol–water partition coefficient (Wildman–Crippen LogP) is 3.02. The van der Waals surface area contributed by atoms with E-state index in [-0.39, 0.29) is 0 Å². The van der Waals surface area contributed by atoms with Crippen molar-refractivity contribution in [1.29, 1.82) is 0 Å². The molecular formula is C19H22N4O. The highest BCUT2D eigenvalue weighted by molar-refractivity contribution is 5.36. The summed E-state index contributed by atoms with van der Waals surface area (Å²) in [7, 11) is 0. The van der Waals surface area contributed by atoms with Crippen LogP contribution in [0.5, 0.6) is 5.75 Å². The largest absolute Gasteiger partial charge is 0.493 e. The Hall–Kier alpha value is -2.40. The number of rotatable bonds is 5. The summed E-state index contributed by atoms with van der Waals surface area (Å²) >= 11 is 0. The van der Waals surface area contributed by atoms with Gasteiger partial charge in [-0.15, -0.1) is 0 Å². The van der Waals surface area contributed by atoms with Crippen LogP contribution in [0.15, 0.2) is 55.1 Å². The molecule has 0 unspecified atom stereocenters. The molecule has 124 valence electrons. The number of hydrogen-bond acceptors (Lipinski definition) is 4. The van der Waals surface area contributed by atoms with Crippen molar-refractivity contribution in [3.05, 3.63) is 60.8 Å². The first-order chi connectivity index (χ1) is 11.9. The Bertz CT molecular complexity index is 786. The molecule has 1 fully saturated rings. The summed E-state index contributed by atoms with van der Waals surface area (Å²) < 4.78 is 8.07. The van der Waals surface area contributed by atoms with Gasteiger partial charge in [0.2, 0.25) is 0 Å². The second-order valence-corrected chi connectivity index (χ2v) is 6.42. The molecule has 5 heteroatoms. The van der Waals surface area contributed by atoms with Gasteiger partial charge in [0.15, 0.2) is 5.65 Å². The first-order valence-electron chi connectivity index (χ1n) is 8.54. The summed E-state index contributed by atoms with van der Waals surface area (Å²) in [5.74, 6) is 1.55. The van der Waals surface area contributed by atoms with E-state index in [1.54, 1.807) is 6.20 Å². The smallest absolute Gasteiger partial charge is 0.155 e. The van der Waals surface area contributed by atoms with Crippen LogP contribution in [0.3, 0.4) is 0 Å². The molecule has 2 aromatic heterocycles. The molecule has 3 heterocycles. The molecule has 1 aromatic carbocycles. The van der Waals surface area contributed by atoms with Crippen molar-refractivity contribution in [2.24, 2.45) is 5.92 Å². The highest BCUT2D eigenvalue weighted by Gasteiger charge is 2.21. The molecule has 3 aromatic rings. The van der Waals surface area contributed by atoms with Gasteiger partial charge in [-0.2, -0.15) is 0 Å². The lowest BCUT2D eigenvalue weighted by Crippen LogP contribution is -2.37. The molecule has 0 N–H and O–H groups in total.